The van der Waals surface area contributed by atoms with E-state index in [1.807, 2.05) is 0 Å². The highest BCUT2D eigenvalue weighted by Crippen LogP contribution is 2.34. The van der Waals surface area contributed by atoms with Gasteiger partial charge in [0.05, 0.1) is 31.1 Å². The normalized spacial score (nSPS) is 11.1. The van der Waals surface area contributed by atoms with E-state index < -0.39 is 14.9 Å². The van der Waals surface area contributed by atoms with Crippen LogP contribution in [0, 0.1) is 17.0 Å². The van der Waals surface area contributed by atoms with Gasteiger partial charge < -0.3 is 14.2 Å². The van der Waals surface area contributed by atoms with Crippen molar-refractivity contribution in [3.05, 3.63) is 51.6 Å². The zero-order valence-electron chi connectivity index (χ0n) is 15.3. The summed E-state index contributed by atoms with van der Waals surface area (Å²) >= 11 is 0. The second-order valence-electron chi connectivity index (χ2n) is 5.55. The van der Waals surface area contributed by atoms with Gasteiger partial charge in [-0.3, -0.25) is 10.1 Å². The lowest BCUT2D eigenvalue weighted by Gasteiger charge is -2.15. The maximum atomic E-state index is 12.5. The lowest BCUT2D eigenvalue weighted by molar-refractivity contribution is -0.385. The predicted molar refractivity (Wildman–Crippen MR) is 98.0 cm³/mol. The van der Waals surface area contributed by atoms with E-state index in [1.165, 1.54) is 40.4 Å². The van der Waals surface area contributed by atoms with E-state index in [4.69, 9.17) is 14.2 Å². The van der Waals surface area contributed by atoms with Crippen LogP contribution in [0.4, 0.5) is 5.69 Å². The molecule has 27 heavy (non-hydrogen) atoms. The highest BCUT2D eigenvalue weighted by molar-refractivity contribution is 7.89. The number of nitro groups is 1. The van der Waals surface area contributed by atoms with Crippen molar-refractivity contribution in [2.75, 3.05) is 21.3 Å². The van der Waals surface area contributed by atoms with Gasteiger partial charge in [0.15, 0.2) is 11.5 Å². The number of sulfonamides is 1. The van der Waals surface area contributed by atoms with E-state index in [-0.39, 0.29) is 17.1 Å². The molecule has 0 spiro atoms. The van der Waals surface area contributed by atoms with E-state index >= 15 is 0 Å². The number of hydrogen-bond acceptors (Lipinski definition) is 7. The summed E-state index contributed by atoms with van der Waals surface area (Å²) in [5, 5.41) is 11.0. The van der Waals surface area contributed by atoms with Gasteiger partial charge in [-0.25, -0.2) is 13.1 Å². The minimum atomic E-state index is -3.97. The average molecular weight is 396 g/mol. The van der Waals surface area contributed by atoms with Gasteiger partial charge in [-0.2, -0.15) is 0 Å². The van der Waals surface area contributed by atoms with Gasteiger partial charge in [0.2, 0.25) is 10.0 Å². The third-order valence-electron chi connectivity index (χ3n) is 3.93. The van der Waals surface area contributed by atoms with Crippen molar-refractivity contribution < 1.29 is 27.6 Å². The lowest BCUT2D eigenvalue weighted by Crippen LogP contribution is -2.23. The van der Waals surface area contributed by atoms with Gasteiger partial charge in [-0.05, 0) is 19.1 Å². The van der Waals surface area contributed by atoms with Crippen molar-refractivity contribution in [1.82, 2.24) is 4.72 Å². The Morgan fingerprint density at radius 1 is 1.00 bits per heavy atom. The second-order valence-corrected chi connectivity index (χ2v) is 7.32. The molecule has 0 bridgehead atoms. The van der Waals surface area contributed by atoms with Crippen LogP contribution in [0.25, 0.3) is 0 Å². The number of rotatable bonds is 8. The molecule has 0 aliphatic rings. The van der Waals surface area contributed by atoms with Gasteiger partial charge >= 0.3 is 0 Å². The molecule has 0 aliphatic carbocycles. The smallest absolute Gasteiger partial charge is 0.273 e. The Balaban J connectivity index is 2.32. The minimum Gasteiger partial charge on any atom is -0.496 e. The molecule has 0 unspecified atom stereocenters. The molecule has 1 N–H and O–H groups in total. The zero-order valence-corrected chi connectivity index (χ0v) is 16.1. The van der Waals surface area contributed by atoms with Gasteiger partial charge in [-0.1, -0.05) is 6.07 Å². The first kappa shape index (κ1) is 20.5. The van der Waals surface area contributed by atoms with E-state index in [0.717, 1.165) is 6.07 Å². The zero-order chi connectivity index (χ0) is 20.2. The molecule has 146 valence electrons. The third-order valence-corrected chi connectivity index (χ3v) is 5.33. The van der Waals surface area contributed by atoms with Crippen molar-refractivity contribution in [3.63, 3.8) is 0 Å². The lowest BCUT2D eigenvalue weighted by atomic mass is 10.1. The first-order chi connectivity index (χ1) is 12.7. The van der Waals surface area contributed by atoms with Gasteiger partial charge in [0.25, 0.3) is 5.69 Å². The molecule has 10 heteroatoms. The summed E-state index contributed by atoms with van der Waals surface area (Å²) in [6, 6.07) is 6.92. The van der Waals surface area contributed by atoms with Crippen molar-refractivity contribution in [2.24, 2.45) is 0 Å². The molecule has 2 rings (SSSR count). The van der Waals surface area contributed by atoms with Crippen LogP contribution in [0.3, 0.4) is 0 Å². The van der Waals surface area contributed by atoms with E-state index in [0.29, 0.717) is 28.4 Å². The summed E-state index contributed by atoms with van der Waals surface area (Å²) in [4.78, 5) is 10.2. The standard InChI is InChI=1S/C17H20N2O7S/c1-11-5-6-13(8-14(11)19(20)21)27(22,23)18-10-12-7-16(25-3)17(26-4)9-15(12)24-2/h5-9,18H,10H2,1-4H3. The Morgan fingerprint density at radius 3 is 2.15 bits per heavy atom. The quantitative estimate of drug-likeness (QED) is 0.538. The Bertz CT molecular complexity index is 958. The molecule has 9 nitrogen and oxygen atoms in total. The molecular weight excluding hydrogens is 376 g/mol. The number of nitrogens with one attached hydrogen (secondary N) is 1. The summed E-state index contributed by atoms with van der Waals surface area (Å²) in [6.07, 6.45) is 0. The second kappa shape index (κ2) is 8.23. The van der Waals surface area contributed by atoms with E-state index in [2.05, 4.69) is 4.72 Å². The molecule has 0 atom stereocenters. The molecule has 0 heterocycles. The number of aryl methyl sites for hydroxylation is 1. The Morgan fingerprint density at radius 2 is 1.59 bits per heavy atom. The first-order valence-corrected chi connectivity index (χ1v) is 9.25. The Hall–Kier alpha value is -2.85. The molecule has 0 saturated heterocycles. The SMILES string of the molecule is COc1cc(OC)c(OC)cc1CNS(=O)(=O)c1ccc(C)c([N+](=O)[O-])c1. The fourth-order valence-corrected chi connectivity index (χ4v) is 3.47. The first-order valence-electron chi connectivity index (χ1n) is 7.77. The summed E-state index contributed by atoms with van der Waals surface area (Å²) in [5.41, 5.74) is 0.627. The van der Waals surface area contributed by atoms with E-state index in [1.54, 1.807) is 12.1 Å². The van der Waals surface area contributed by atoms with Crippen LogP contribution in [0.2, 0.25) is 0 Å². The highest BCUT2D eigenvalue weighted by Gasteiger charge is 2.21. The maximum Gasteiger partial charge on any atom is 0.273 e. The molecule has 0 radical (unpaired) electrons. The number of nitro benzene ring substituents is 1. The van der Waals surface area contributed by atoms with Gasteiger partial charge in [0.1, 0.15) is 5.75 Å². The fourth-order valence-electron chi connectivity index (χ4n) is 2.44. The van der Waals surface area contributed by atoms with Crippen LogP contribution in [-0.4, -0.2) is 34.7 Å². The summed E-state index contributed by atoms with van der Waals surface area (Å²) in [6.45, 7) is 1.43. The molecule has 2 aromatic carbocycles. The molecule has 0 amide bonds. The van der Waals surface area contributed by atoms with Crippen LogP contribution in [0.5, 0.6) is 17.2 Å². The summed E-state index contributed by atoms with van der Waals surface area (Å²) < 4.78 is 43.2. The topological polar surface area (TPSA) is 117 Å². The van der Waals surface area contributed by atoms with Crippen LogP contribution in [0.1, 0.15) is 11.1 Å². The molecular formula is C17H20N2O7S. The minimum absolute atomic E-state index is 0.104. The molecule has 0 fully saturated rings. The number of nitrogens with zero attached hydrogens (tertiary/aromatic N) is 1. The molecule has 0 aliphatic heterocycles. The number of ether oxygens (including phenoxy) is 3. The van der Waals surface area contributed by atoms with Crippen LogP contribution in [-0.2, 0) is 16.6 Å². The van der Waals surface area contributed by atoms with Crippen LogP contribution >= 0.6 is 0 Å². The highest BCUT2D eigenvalue weighted by atomic mass is 32.2. The van der Waals surface area contributed by atoms with Crippen LogP contribution < -0.4 is 18.9 Å². The predicted octanol–water partition coefficient (Wildman–Crippen LogP) is 2.41. The van der Waals surface area contributed by atoms with Crippen molar-refractivity contribution in [3.8, 4) is 17.2 Å². The number of benzene rings is 2. The number of hydrogen-bond donors (Lipinski definition) is 1. The number of methoxy groups -OCH3 is 3. The van der Waals surface area contributed by atoms with E-state index in [9.17, 15) is 18.5 Å². The summed E-state index contributed by atoms with van der Waals surface area (Å²) in [5.74, 6) is 1.26. The summed E-state index contributed by atoms with van der Waals surface area (Å²) in [7, 11) is 0.412. The van der Waals surface area contributed by atoms with Gasteiger partial charge in [0, 0.05) is 29.8 Å². The Kier molecular flexibility index (Phi) is 6.24. The average Bonchev–Trinajstić information content (AvgIpc) is 2.65. The fraction of sp³-hybridized carbons (Fsp3) is 0.294. The Labute approximate surface area is 157 Å². The van der Waals surface area contributed by atoms with Crippen molar-refractivity contribution in [2.45, 2.75) is 18.4 Å². The largest absolute Gasteiger partial charge is 0.496 e. The third kappa shape index (κ3) is 4.47. The monoisotopic (exact) mass is 396 g/mol. The van der Waals surface area contributed by atoms with Gasteiger partial charge in [-0.15, -0.1) is 0 Å². The molecule has 0 saturated carbocycles. The van der Waals surface area contributed by atoms with Crippen molar-refractivity contribution >= 4 is 15.7 Å². The molecule has 0 aromatic heterocycles. The van der Waals surface area contributed by atoms with Crippen molar-refractivity contribution in [1.29, 1.82) is 0 Å². The maximum absolute atomic E-state index is 12.5. The molecule has 2 aromatic rings. The van der Waals surface area contributed by atoms with Crippen LogP contribution in [0.15, 0.2) is 35.2 Å².